The van der Waals surface area contributed by atoms with Crippen molar-refractivity contribution in [2.75, 3.05) is 26.2 Å². The van der Waals surface area contributed by atoms with Crippen molar-refractivity contribution in [1.82, 2.24) is 14.8 Å². The average Bonchev–Trinajstić information content (AvgIpc) is 2.69. The molecular weight excluding hydrogens is 273 g/mol. The fourth-order valence-corrected chi connectivity index (χ4v) is 2.44. The Kier molecular flexibility index (Phi) is 4.20. The zero-order valence-electron chi connectivity index (χ0n) is 10.5. The van der Waals surface area contributed by atoms with Crippen molar-refractivity contribution in [2.45, 2.75) is 19.9 Å². The molecule has 2 rings (SSSR count). The number of hydrogen-bond donors (Lipinski definition) is 1. The van der Waals surface area contributed by atoms with Gasteiger partial charge < -0.3 is 9.88 Å². The molecule has 1 aromatic heterocycles. The number of aromatic nitrogens is 1. The molecule has 0 saturated carbocycles. The molecule has 0 bridgehead atoms. The molecule has 6 heteroatoms. The van der Waals surface area contributed by atoms with Crippen molar-refractivity contribution in [1.29, 1.82) is 0 Å². The number of hydrogen-bond acceptors (Lipinski definition) is 2. The minimum Gasteiger partial charge on any atom is -0.340 e. The Hall–Kier alpha value is -0.710. The van der Waals surface area contributed by atoms with Crippen LogP contribution in [0.1, 0.15) is 24.3 Å². The zero-order chi connectivity index (χ0) is 13.3. The molecule has 1 fully saturated rings. The number of carbonyl (C=O) groups is 1. The molecule has 1 saturated heterocycles. The first-order valence-corrected chi connectivity index (χ1v) is 6.82. The van der Waals surface area contributed by atoms with Crippen LogP contribution in [0.3, 0.4) is 0 Å². The summed E-state index contributed by atoms with van der Waals surface area (Å²) < 4.78 is 0. The highest BCUT2D eigenvalue weighted by Crippen LogP contribution is 2.23. The largest absolute Gasteiger partial charge is 0.340 e. The van der Waals surface area contributed by atoms with Crippen molar-refractivity contribution in [3.63, 3.8) is 0 Å². The summed E-state index contributed by atoms with van der Waals surface area (Å²) in [7, 11) is 0. The molecule has 1 aliphatic heterocycles. The number of halogens is 2. The summed E-state index contributed by atoms with van der Waals surface area (Å²) in [5.41, 5.74) is 0.461. The predicted molar refractivity (Wildman–Crippen MR) is 73.4 cm³/mol. The Labute approximate surface area is 117 Å². The number of carbonyl (C=O) groups excluding carboxylic acids is 1. The molecule has 1 N–H and O–H groups in total. The van der Waals surface area contributed by atoms with Crippen molar-refractivity contribution < 1.29 is 4.79 Å². The van der Waals surface area contributed by atoms with Gasteiger partial charge in [-0.05, 0) is 19.9 Å². The molecule has 0 spiro atoms. The van der Waals surface area contributed by atoms with Gasteiger partial charge in [0.05, 0.1) is 5.02 Å². The molecule has 0 aliphatic carbocycles. The first-order chi connectivity index (χ1) is 8.49. The molecule has 0 radical (unpaired) electrons. The van der Waals surface area contributed by atoms with Crippen LogP contribution in [-0.4, -0.2) is 52.9 Å². The van der Waals surface area contributed by atoms with Gasteiger partial charge >= 0.3 is 0 Å². The highest BCUT2D eigenvalue weighted by Gasteiger charge is 2.24. The smallest absolute Gasteiger partial charge is 0.270 e. The summed E-state index contributed by atoms with van der Waals surface area (Å²) in [6.07, 6.45) is 0. The zero-order valence-corrected chi connectivity index (χ0v) is 12.1. The van der Waals surface area contributed by atoms with E-state index in [1.165, 1.54) is 0 Å². The van der Waals surface area contributed by atoms with E-state index < -0.39 is 0 Å². The molecule has 0 atom stereocenters. The van der Waals surface area contributed by atoms with Crippen LogP contribution in [-0.2, 0) is 0 Å². The van der Waals surface area contributed by atoms with Crippen LogP contribution in [0, 0.1) is 0 Å². The van der Waals surface area contributed by atoms with Crippen molar-refractivity contribution in [3.8, 4) is 0 Å². The van der Waals surface area contributed by atoms with Gasteiger partial charge in [-0.3, -0.25) is 9.69 Å². The fourth-order valence-electron chi connectivity index (χ4n) is 2.13. The lowest BCUT2D eigenvalue weighted by molar-refractivity contribution is 0.0590. The highest BCUT2D eigenvalue weighted by molar-refractivity contribution is 6.41. The summed E-state index contributed by atoms with van der Waals surface area (Å²) in [6.45, 7) is 7.64. The molecule has 18 heavy (non-hydrogen) atoms. The normalized spacial score (nSPS) is 17.5. The van der Waals surface area contributed by atoms with Crippen molar-refractivity contribution in [2.24, 2.45) is 0 Å². The molecule has 2 heterocycles. The van der Waals surface area contributed by atoms with Gasteiger partial charge in [0.15, 0.2) is 0 Å². The molecule has 4 nitrogen and oxygen atoms in total. The Morgan fingerprint density at radius 1 is 1.28 bits per heavy atom. The van der Waals surface area contributed by atoms with Gasteiger partial charge in [-0.25, -0.2) is 0 Å². The molecule has 0 aromatic carbocycles. The summed E-state index contributed by atoms with van der Waals surface area (Å²) >= 11 is 11.6. The molecule has 100 valence electrons. The van der Waals surface area contributed by atoms with Gasteiger partial charge in [0.25, 0.3) is 5.91 Å². The lowest BCUT2D eigenvalue weighted by atomic mass is 10.2. The highest BCUT2D eigenvalue weighted by atomic mass is 35.5. The first-order valence-electron chi connectivity index (χ1n) is 6.06. The molecule has 1 amide bonds. The summed E-state index contributed by atoms with van der Waals surface area (Å²) in [4.78, 5) is 19.2. The Morgan fingerprint density at radius 2 is 1.89 bits per heavy atom. The van der Waals surface area contributed by atoms with Crippen LogP contribution >= 0.6 is 23.2 Å². The van der Waals surface area contributed by atoms with E-state index in [0.717, 1.165) is 26.2 Å². The number of piperazine rings is 1. The number of amides is 1. The monoisotopic (exact) mass is 289 g/mol. The van der Waals surface area contributed by atoms with E-state index in [-0.39, 0.29) is 5.91 Å². The van der Waals surface area contributed by atoms with Crippen LogP contribution in [0.4, 0.5) is 0 Å². The van der Waals surface area contributed by atoms with E-state index in [2.05, 4.69) is 23.7 Å². The van der Waals surface area contributed by atoms with Crippen LogP contribution in [0.15, 0.2) is 6.07 Å². The molecule has 1 aliphatic rings. The molecular formula is C12H17Cl2N3O. The Balaban J connectivity index is 1.99. The molecule has 1 aromatic rings. The maximum absolute atomic E-state index is 12.2. The van der Waals surface area contributed by atoms with Crippen LogP contribution in [0.2, 0.25) is 10.2 Å². The van der Waals surface area contributed by atoms with E-state index in [1.807, 2.05) is 4.90 Å². The van der Waals surface area contributed by atoms with Gasteiger partial charge in [0, 0.05) is 32.2 Å². The predicted octanol–water partition coefficient (Wildman–Crippen LogP) is 2.49. The fraction of sp³-hybridized carbons (Fsp3) is 0.583. The minimum atomic E-state index is -0.0350. The first kappa shape index (κ1) is 13.7. The number of aromatic amines is 1. The minimum absolute atomic E-state index is 0.0350. The summed E-state index contributed by atoms with van der Waals surface area (Å²) in [5.74, 6) is -0.0350. The second-order valence-corrected chi connectivity index (χ2v) is 5.55. The van der Waals surface area contributed by atoms with E-state index >= 15 is 0 Å². The Morgan fingerprint density at radius 3 is 2.33 bits per heavy atom. The second kappa shape index (κ2) is 5.51. The number of nitrogens with one attached hydrogen (secondary N) is 1. The van der Waals surface area contributed by atoms with Gasteiger partial charge in [-0.2, -0.15) is 0 Å². The lowest BCUT2D eigenvalue weighted by Gasteiger charge is -2.36. The number of nitrogens with zero attached hydrogens (tertiary/aromatic N) is 2. The average molecular weight is 290 g/mol. The van der Waals surface area contributed by atoms with Crippen molar-refractivity contribution in [3.05, 3.63) is 21.9 Å². The maximum atomic E-state index is 12.2. The number of rotatable bonds is 2. The standard InChI is InChI=1S/C12H17Cl2N3O/c1-8(2)16-3-5-17(6-4-16)12(18)10-7-9(13)11(14)15-10/h7-8,15H,3-6H2,1-2H3. The Bertz CT molecular complexity index is 417. The van der Waals surface area contributed by atoms with Gasteiger partial charge in [-0.15, -0.1) is 0 Å². The summed E-state index contributed by atoms with van der Waals surface area (Å²) in [6, 6.07) is 2.11. The third kappa shape index (κ3) is 2.82. The second-order valence-electron chi connectivity index (χ2n) is 4.77. The van der Waals surface area contributed by atoms with Gasteiger partial charge in [0.2, 0.25) is 0 Å². The van der Waals surface area contributed by atoms with E-state index in [4.69, 9.17) is 23.2 Å². The van der Waals surface area contributed by atoms with Gasteiger partial charge in [-0.1, -0.05) is 23.2 Å². The third-order valence-electron chi connectivity index (χ3n) is 3.29. The van der Waals surface area contributed by atoms with Crippen LogP contribution in [0.25, 0.3) is 0 Å². The van der Waals surface area contributed by atoms with E-state index in [1.54, 1.807) is 6.07 Å². The third-order valence-corrected chi connectivity index (χ3v) is 3.98. The van der Waals surface area contributed by atoms with Crippen LogP contribution in [0.5, 0.6) is 0 Å². The topological polar surface area (TPSA) is 39.3 Å². The maximum Gasteiger partial charge on any atom is 0.270 e. The molecule has 0 unspecified atom stereocenters. The number of H-pyrrole nitrogens is 1. The van der Waals surface area contributed by atoms with E-state index in [0.29, 0.717) is 21.9 Å². The van der Waals surface area contributed by atoms with Gasteiger partial charge in [0.1, 0.15) is 10.8 Å². The van der Waals surface area contributed by atoms with Crippen molar-refractivity contribution >= 4 is 29.1 Å². The van der Waals surface area contributed by atoms with E-state index in [9.17, 15) is 4.79 Å². The summed E-state index contributed by atoms with van der Waals surface area (Å²) in [5, 5.41) is 0.710. The lowest BCUT2D eigenvalue weighted by Crippen LogP contribution is -2.50. The SMILES string of the molecule is CC(C)N1CCN(C(=O)c2cc(Cl)c(Cl)[nH]2)CC1. The quantitative estimate of drug-likeness (QED) is 0.909. The van der Waals surface area contributed by atoms with Crippen LogP contribution < -0.4 is 0 Å².